The van der Waals surface area contributed by atoms with E-state index in [0.29, 0.717) is 33.8 Å². The first-order valence-corrected chi connectivity index (χ1v) is 10.3. The van der Waals surface area contributed by atoms with Crippen molar-refractivity contribution in [3.8, 4) is 0 Å². The highest BCUT2D eigenvalue weighted by molar-refractivity contribution is 6.31. The smallest absolute Gasteiger partial charge is 0.319 e. The Morgan fingerprint density at radius 2 is 2.00 bits per heavy atom. The molecule has 0 radical (unpaired) electrons. The first kappa shape index (κ1) is 20.9. The summed E-state index contributed by atoms with van der Waals surface area (Å²) in [5.74, 6) is -0.857. The van der Waals surface area contributed by atoms with Crippen LogP contribution in [-0.4, -0.2) is 41.2 Å². The molecule has 5 amide bonds. The van der Waals surface area contributed by atoms with Crippen LogP contribution in [0.15, 0.2) is 36.4 Å². The number of hydrogen-bond donors (Lipinski definition) is 3. The Labute approximate surface area is 183 Å². The number of imide groups is 1. The number of amides is 5. The topological polar surface area (TPSA) is 108 Å². The first-order valence-electron chi connectivity index (χ1n) is 9.92. The molecule has 3 N–H and O–H groups in total. The van der Waals surface area contributed by atoms with Gasteiger partial charge in [-0.05, 0) is 42.7 Å². The van der Waals surface area contributed by atoms with E-state index in [9.17, 15) is 19.2 Å². The zero-order chi connectivity index (χ0) is 22.1. The summed E-state index contributed by atoms with van der Waals surface area (Å²) in [7, 11) is 0. The van der Waals surface area contributed by atoms with Crippen molar-refractivity contribution in [3.05, 3.63) is 63.7 Å². The number of aryl methyl sites for hydroxylation is 1. The molecule has 0 aliphatic carbocycles. The summed E-state index contributed by atoms with van der Waals surface area (Å²) >= 11 is 6.08. The lowest BCUT2D eigenvalue weighted by Crippen LogP contribution is -2.50. The number of anilines is 1. The van der Waals surface area contributed by atoms with Gasteiger partial charge in [0.15, 0.2) is 0 Å². The van der Waals surface area contributed by atoms with E-state index in [2.05, 4.69) is 16.0 Å². The van der Waals surface area contributed by atoms with E-state index in [1.165, 1.54) is 4.90 Å². The third-order valence-electron chi connectivity index (χ3n) is 5.51. The number of benzene rings is 2. The highest BCUT2D eigenvalue weighted by atomic mass is 35.5. The lowest BCUT2D eigenvalue weighted by molar-refractivity contribution is -0.123. The van der Waals surface area contributed by atoms with Crippen LogP contribution in [0.3, 0.4) is 0 Å². The maximum absolute atomic E-state index is 13.1. The number of hydrogen-bond acceptors (Lipinski definition) is 4. The Morgan fingerprint density at radius 3 is 2.71 bits per heavy atom. The lowest BCUT2D eigenvalue weighted by atomic mass is 10.0. The minimum Gasteiger partial charge on any atom is -0.354 e. The fourth-order valence-electron chi connectivity index (χ4n) is 3.81. The predicted molar refractivity (Wildman–Crippen MR) is 115 cm³/mol. The second-order valence-corrected chi connectivity index (χ2v) is 8.00. The number of fused-ring (bicyclic) bond motifs is 1. The van der Waals surface area contributed by atoms with Crippen LogP contribution >= 0.6 is 11.6 Å². The molecular formula is C22H21ClN4O4. The minimum atomic E-state index is -0.457. The Balaban J connectivity index is 1.46. The van der Waals surface area contributed by atoms with Gasteiger partial charge in [-0.2, -0.15) is 0 Å². The van der Waals surface area contributed by atoms with Crippen LogP contribution < -0.4 is 16.0 Å². The zero-order valence-electron chi connectivity index (χ0n) is 16.8. The summed E-state index contributed by atoms with van der Waals surface area (Å²) < 4.78 is 0. The number of rotatable bonds is 4. The molecule has 1 saturated heterocycles. The van der Waals surface area contributed by atoms with E-state index in [0.717, 1.165) is 5.56 Å². The molecule has 0 spiro atoms. The quantitative estimate of drug-likeness (QED) is 0.635. The fourth-order valence-corrected chi connectivity index (χ4v) is 3.99. The van der Waals surface area contributed by atoms with Crippen LogP contribution in [0.2, 0.25) is 5.02 Å². The number of carbonyl (C=O) groups excluding carboxylic acids is 4. The van der Waals surface area contributed by atoms with Gasteiger partial charge in [-0.1, -0.05) is 29.8 Å². The molecular weight excluding hydrogens is 420 g/mol. The molecule has 2 heterocycles. The zero-order valence-corrected chi connectivity index (χ0v) is 17.6. The molecule has 0 bridgehead atoms. The van der Waals surface area contributed by atoms with Gasteiger partial charge in [0.2, 0.25) is 5.91 Å². The number of nitrogens with one attached hydrogen (secondary N) is 3. The predicted octanol–water partition coefficient (Wildman–Crippen LogP) is 2.84. The van der Waals surface area contributed by atoms with E-state index >= 15 is 0 Å². The van der Waals surface area contributed by atoms with Gasteiger partial charge in [-0.15, -0.1) is 0 Å². The number of piperidine rings is 1. The van der Waals surface area contributed by atoms with Gasteiger partial charge in [-0.3, -0.25) is 19.3 Å². The maximum atomic E-state index is 13.1. The molecule has 0 saturated carbocycles. The maximum Gasteiger partial charge on any atom is 0.319 e. The third-order valence-corrected chi connectivity index (χ3v) is 5.91. The molecule has 0 aromatic heterocycles. The molecule has 2 aliphatic heterocycles. The summed E-state index contributed by atoms with van der Waals surface area (Å²) in [5, 5.41) is 8.66. The van der Waals surface area contributed by atoms with Crippen molar-refractivity contribution in [2.75, 3.05) is 11.9 Å². The Hall–Kier alpha value is -3.39. The Bertz CT molecular complexity index is 1090. The molecule has 31 heavy (non-hydrogen) atoms. The molecule has 4 rings (SSSR count). The largest absolute Gasteiger partial charge is 0.354 e. The summed E-state index contributed by atoms with van der Waals surface area (Å²) in [6, 6.07) is 9.36. The minimum absolute atomic E-state index is 0.0723. The van der Waals surface area contributed by atoms with Gasteiger partial charge >= 0.3 is 6.03 Å². The fraction of sp³-hybridized carbons (Fsp3) is 0.273. The molecule has 160 valence electrons. The van der Waals surface area contributed by atoms with Crippen molar-refractivity contribution in [2.24, 2.45) is 0 Å². The van der Waals surface area contributed by atoms with Gasteiger partial charge < -0.3 is 16.0 Å². The average Bonchev–Trinajstić information content (AvgIpc) is 3.01. The van der Waals surface area contributed by atoms with Gasteiger partial charge in [0.25, 0.3) is 11.8 Å². The third kappa shape index (κ3) is 4.11. The molecule has 2 aromatic carbocycles. The van der Waals surface area contributed by atoms with Crippen LogP contribution in [0.1, 0.15) is 44.7 Å². The normalized spacial score (nSPS) is 17.9. The van der Waals surface area contributed by atoms with Crippen LogP contribution in [-0.2, 0) is 11.3 Å². The Morgan fingerprint density at radius 1 is 1.19 bits per heavy atom. The van der Waals surface area contributed by atoms with Crippen LogP contribution in [0.5, 0.6) is 0 Å². The van der Waals surface area contributed by atoms with Gasteiger partial charge in [0, 0.05) is 30.2 Å². The number of halogens is 1. The van der Waals surface area contributed by atoms with Gasteiger partial charge in [0.05, 0.1) is 17.2 Å². The van der Waals surface area contributed by atoms with Crippen molar-refractivity contribution in [2.45, 2.75) is 32.4 Å². The van der Waals surface area contributed by atoms with Crippen LogP contribution in [0.4, 0.5) is 10.5 Å². The average molecular weight is 441 g/mol. The second-order valence-electron chi connectivity index (χ2n) is 7.59. The standard InChI is InChI=1S/C22H21ClN4O4/c1-12-5-6-14(9-17(12)23)26-22(31)25-10-13-3-2-4-16-19(13)21(30)27(20(16)29)15-7-8-18(28)24-11-15/h2-6,9,15H,7-8,10-11H2,1H3,(H,24,28)(H2,25,26,31). The number of carbonyl (C=O) groups is 4. The second kappa shape index (κ2) is 8.39. The molecule has 1 atom stereocenters. The van der Waals surface area contributed by atoms with Gasteiger partial charge in [0.1, 0.15) is 0 Å². The van der Waals surface area contributed by atoms with E-state index in [1.807, 2.05) is 6.92 Å². The Kier molecular flexibility index (Phi) is 5.65. The van der Waals surface area contributed by atoms with E-state index in [1.54, 1.807) is 36.4 Å². The molecule has 2 aromatic rings. The molecule has 8 nitrogen and oxygen atoms in total. The summed E-state index contributed by atoms with van der Waals surface area (Å²) in [4.78, 5) is 50.9. The monoisotopic (exact) mass is 440 g/mol. The van der Waals surface area contributed by atoms with Crippen molar-refractivity contribution in [1.82, 2.24) is 15.5 Å². The first-order chi connectivity index (χ1) is 14.8. The highest BCUT2D eigenvalue weighted by Gasteiger charge is 2.42. The summed E-state index contributed by atoms with van der Waals surface area (Å²) in [6.07, 6.45) is 0.710. The van der Waals surface area contributed by atoms with Gasteiger partial charge in [-0.25, -0.2) is 4.79 Å². The lowest BCUT2D eigenvalue weighted by Gasteiger charge is -2.29. The highest BCUT2D eigenvalue weighted by Crippen LogP contribution is 2.29. The number of nitrogens with zero attached hydrogens (tertiary/aromatic N) is 1. The number of urea groups is 1. The molecule has 1 fully saturated rings. The van der Waals surface area contributed by atoms with Crippen molar-refractivity contribution < 1.29 is 19.2 Å². The molecule has 9 heteroatoms. The SMILES string of the molecule is Cc1ccc(NC(=O)NCc2cccc3c2C(=O)N(C2CCC(=O)NC2)C3=O)cc1Cl. The summed E-state index contributed by atoms with van der Waals surface area (Å²) in [5.41, 5.74) is 2.60. The van der Waals surface area contributed by atoms with Crippen molar-refractivity contribution in [1.29, 1.82) is 0 Å². The van der Waals surface area contributed by atoms with Crippen molar-refractivity contribution >= 4 is 41.0 Å². The van der Waals surface area contributed by atoms with Crippen molar-refractivity contribution in [3.63, 3.8) is 0 Å². The molecule has 2 aliphatic rings. The van der Waals surface area contributed by atoms with Crippen LogP contribution in [0.25, 0.3) is 0 Å². The van der Waals surface area contributed by atoms with E-state index in [-0.39, 0.29) is 37.4 Å². The van der Waals surface area contributed by atoms with E-state index in [4.69, 9.17) is 11.6 Å². The summed E-state index contributed by atoms with van der Waals surface area (Å²) in [6.45, 7) is 2.19. The van der Waals surface area contributed by atoms with Crippen LogP contribution in [0, 0.1) is 6.92 Å². The molecule has 1 unspecified atom stereocenters. The van der Waals surface area contributed by atoms with E-state index < -0.39 is 11.9 Å².